The van der Waals surface area contributed by atoms with Crippen molar-refractivity contribution in [2.45, 2.75) is 57.8 Å². The van der Waals surface area contributed by atoms with Crippen molar-refractivity contribution < 1.29 is 4.79 Å². The smallest absolute Gasteiger partial charge is 0.224 e. The zero-order valence-electron chi connectivity index (χ0n) is 13.5. The molecule has 1 aliphatic heterocycles. The number of anilines is 2. The van der Waals surface area contributed by atoms with Crippen molar-refractivity contribution in [2.75, 3.05) is 23.3 Å². The predicted octanol–water partition coefficient (Wildman–Crippen LogP) is 4.59. The van der Waals surface area contributed by atoms with Crippen molar-refractivity contribution >= 4 is 17.3 Å². The summed E-state index contributed by atoms with van der Waals surface area (Å²) >= 11 is 0. The van der Waals surface area contributed by atoms with Gasteiger partial charge in [-0.05, 0) is 43.4 Å². The molecule has 120 valence electrons. The van der Waals surface area contributed by atoms with E-state index in [1.807, 2.05) is 12.1 Å². The number of hydrogen-bond donors (Lipinski definition) is 1. The van der Waals surface area contributed by atoms with E-state index in [-0.39, 0.29) is 5.91 Å². The Kier molecular flexibility index (Phi) is 5.36. The molecule has 0 spiro atoms. The van der Waals surface area contributed by atoms with Gasteiger partial charge in [-0.1, -0.05) is 38.2 Å². The second kappa shape index (κ2) is 7.66. The van der Waals surface area contributed by atoms with Crippen LogP contribution in [0.3, 0.4) is 0 Å². The van der Waals surface area contributed by atoms with Gasteiger partial charge in [-0.2, -0.15) is 0 Å². The second-order valence-electron chi connectivity index (χ2n) is 6.84. The summed E-state index contributed by atoms with van der Waals surface area (Å²) in [4.78, 5) is 14.6. The van der Waals surface area contributed by atoms with Crippen LogP contribution in [0, 0.1) is 5.92 Å². The van der Waals surface area contributed by atoms with Crippen LogP contribution in [-0.4, -0.2) is 19.0 Å². The van der Waals surface area contributed by atoms with Crippen LogP contribution in [0.25, 0.3) is 0 Å². The van der Waals surface area contributed by atoms with Crippen LogP contribution in [0.15, 0.2) is 24.3 Å². The monoisotopic (exact) mass is 300 g/mol. The fourth-order valence-electron chi connectivity index (χ4n) is 3.79. The lowest BCUT2D eigenvalue weighted by molar-refractivity contribution is -0.116. The highest BCUT2D eigenvalue weighted by atomic mass is 16.1. The van der Waals surface area contributed by atoms with Crippen molar-refractivity contribution in [1.82, 2.24) is 0 Å². The van der Waals surface area contributed by atoms with E-state index in [0.717, 1.165) is 31.1 Å². The minimum atomic E-state index is 0.171. The van der Waals surface area contributed by atoms with E-state index in [9.17, 15) is 4.79 Å². The SMILES string of the molecule is O=C(CCC1CCCCC1)Nc1cccc(N2CCCC2)c1. The van der Waals surface area contributed by atoms with Gasteiger partial charge < -0.3 is 10.2 Å². The lowest BCUT2D eigenvalue weighted by Gasteiger charge is -2.21. The summed E-state index contributed by atoms with van der Waals surface area (Å²) in [5, 5.41) is 3.08. The van der Waals surface area contributed by atoms with Gasteiger partial charge in [0, 0.05) is 30.9 Å². The highest BCUT2D eigenvalue weighted by Gasteiger charge is 2.15. The number of carbonyl (C=O) groups is 1. The molecule has 3 heteroatoms. The molecule has 2 fully saturated rings. The van der Waals surface area contributed by atoms with Crippen LogP contribution in [0.2, 0.25) is 0 Å². The van der Waals surface area contributed by atoms with E-state index in [4.69, 9.17) is 0 Å². The van der Waals surface area contributed by atoms with E-state index >= 15 is 0 Å². The number of amides is 1. The molecule has 22 heavy (non-hydrogen) atoms. The van der Waals surface area contributed by atoms with Crippen LogP contribution in [-0.2, 0) is 4.79 Å². The van der Waals surface area contributed by atoms with Gasteiger partial charge >= 0.3 is 0 Å². The molecule has 1 aliphatic carbocycles. The molecule has 1 aromatic rings. The van der Waals surface area contributed by atoms with Crippen molar-refractivity contribution in [1.29, 1.82) is 0 Å². The Bertz CT molecular complexity index is 488. The second-order valence-corrected chi connectivity index (χ2v) is 6.84. The van der Waals surface area contributed by atoms with Crippen LogP contribution in [0.5, 0.6) is 0 Å². The zero-order chi connectivity index (χ0) is 15.2. The highest BCUT2D eigenvalue weighted by molar-refractivity contribution is 5.91. The molecule has 3 rings (SSSR count). The largest absolute Gasteiger partial charge is 0.371 e. The predicted molar refractivity (Wildman–Crippen MR) is 92.3 cm³/mol. The maximum Gasteiger partial charge on any atom is 0.224 e. The van der Waals surface area contributed by atoms with Crippen LogP contribution in [0.4, 0.5) is 11.4 Å². The van der Waals surface area contributed by atoms with Crippen molar-refractivity contribution in [3.63, 3.8) is 0 Å². The van der Waals surface area contributed by atoms with Gasteiger partial charge in [-0.3, -0.25) is 4.79 Å². The first-order valence-corrected chi connectivity index (χ1v) is 8.96. The average molecular weight is 300 g/mol. The summed E-state index contributed by atoms with van der Waals surface area (Å²) in [6.45, 7) is 2.28. The van der Waals surface area contributed by atoms with Gasteiger partial charge in [0.25, 0.3) is 0 Å². The first-order valence-electron chi connectivity index (χ1n) is 8.96. The fraction of sp³-hybridized carbons (Fsp3) is 0.632. The average Bonchev–Trinajstić information content (AvgIpc) is 3.09. The highest BCUT2D eigenvalue weighted by Crippen LogP contribution is 2.28. The maximum atomic E-state index is 12.2. The van der Waals surface area contributed by atoms with Gasteiger partial charge in [0.05, 0.1) is 0 Å². The van der Waals surface area contributed by atoms with E-state index in [0.29, 0.717) is 6.42 Å². The quantitative estimate of drug-likeness (QED) is 0.863. The van der Waals surface area contributed by atoms with Gasteiger partial charge in [0.15, 0.2) is 0 Å². The molecule has 2 aliphatic rings. The maximum absolute atomic E-state index is 12.2. The summed E-state index contributed by atoms with van der Waals surface area (Å²) in [6, 6.07) is 8.30. The molecular weight excluding hydrogens is 272 g/mol. The third-order valence-electron chi connectivity index (χ3n) is 5.11. The van der Waals surface area contributed by atoms with Crippen molar-refractivity contribution in [3.8, 4) is 0 Å². The molecule has 1 N–H and O–H groups in total. The first kappa shape index (κ1) is 15.4. The molecule has 1 heterocycles. The zero-order valence-corrected chi connectivity index (χ0v) is 13.5. The van der Waals surface area contributed by atoms with Crippen molar-refractivity contribution in [3.05, 3.63) is 24.3 Å². The molecule has 0 bridgehead atoms. The van der Waals surface area contributed by atoms with Gasteiger partial charge in [0.2, 0.25) is 5.91 Å². The van der Waals surface area contributed by atoms with Crippen LogP contribution >= 0.6 is 0 Å². The molecule has 3 nitrogen and oxygen atoms in total. The Hall–Kier alpha value is -1.51. The van der Waals surface area contributed by atoms with Crippen LogP contribution in [0.1, 0.15) is 57.8 Å². The number of nitrogens with one attached hydrogen (secondary N) is 1. The number of nitrogens with zero attached hydrogens (tertiary/aromatic N) is 1. The summed E-state index contributed by atoms with van der Waals surface area (Å²) in [5.74, 6) is 0.944. The number of benzene rings is 1. The normalized spacial score (nSPS) is 19.4. The van der Waals surface area contributed by atoms with Crippen molar-refractivity contribution in [2.24, 2.45) is 5.92 Å². The Morgan fingerprint density at radius 2 is 1.86 bits per heavy atom. The summed E-state index contributed by atoms with van der Waals surface area (Å²) in [5.41, 5.74) is 2.18. The Morgan fingerprint density at radius 3 is 2.64 bits per heavy atom. The standard InChI is InChI=1S/C19H28N2O/c22-19(12-11-16-7-2-1-3-8-16)20-17-9-6-10-18(15-17)21-13-4-5-14-21/h6,9-10,15-16H,1-5,7-8,11-14H2,(H,20,22). The van der Waals surface area contributed by atoms with Crippen LogP contribution < -0.4 is 10.2 Å². The molecule has 1 saturated heterocycles. The van der Waals surface area contributed by atoms with E-state index < -0.39 is 0 Å². The molecular formula is C19H28N2O. The number of rotatable bonds is 5. The van der Waals surface area contributed by atoms with Gasteiger partial charge in [0.1, 0.15) is 0 Å². The minimum absolute atomic E-state index is 0.171. The summed E-state index contributed by atoms with van der Waals surface area (Å²) < 4.78 is 0. The van der Waals surface area contributed by atoms with Gasteiger partial charge in [-0.25, -0.2) is 0 Å². The third kappa shape index (κ3) is 4.25. The first-order chi connectivity index (χ1) is 10.8. The molecule has 0 aromatic heterocycles. The molecule has 1 amide bonds. The van der Waals surface area contributed by atoms with E-state index in [2.05, 4.69) is 22.3 Å². The lowest BCUT2D eigenvalue weighted by Crippen LogP contribution is -2.18. The Morgan fingerprint density at radius 1 is 1.09 bits per heavy atom. The van der Waals surface area contributed by atoms with E-state index in [1.54, 1.807) is 0 Å². The number of hydrogen-bond acceptors (Lipinski definition) is 2. The van der Waals surface area contributed by atoms with Gasteiger partial charge in [-0.15, -0.1) is 0 Å². The number of carbonyl (C=O) groups excluding carboxylic acids is 1. The molecule has 1 saturated carbocycles. The summed E-state index contributed by atoms with van der Waals surface area (Å²) in [6.07, 6.45) is 11.0. The Balaban J connectivity index is 1.49. The Labute approximate surface area is 134 Å². The molecule has 0 atom stereocenters. The minimum Gasteiger partial charge on any atom is -0.371 e. The molecule has 1 aromatic carbocycles. The molecule has 0 radical (unpaired) electrons. The lowest BCUT2D eigenvalue weighted by atomic mass is 9.86. The summed E-state index contributed by atoms with van der Waals surface area (Å²) in [7, 11) is 0. The van der Waals surface area contributed by atoms with E-state index in [1.165, 1.54) is 50.6 Å². The molecule has 0 unspecified atom stereocenters. The third-order valence-corrected chi connectivity index (χ3v) is 5.11. The topological polar surface area (TPSA) is 32.3 Å². The fourth-order valence-corrected chi connectivity index (χ4v) is 3.79.